The Hall–Kier alpha value is -0.200. The molecule has 0 radical (unpaired) electrons. The van der Waals surface area contributed by atoms with Gasteiger partial charge in [0, 0.05) is 12.6 Å². The maximum atomic E-state index is 10.0. The first-order valence-corrected chi connectivity index (χ1v) is 6.07. The SMILES string of the molecule is C[C@H](NCCO)[C@H](O)c1cc(Cl)nc(Br)c1. The molecule has 90 valence electrons. The van der Waals surface area contributed by atoms with Crippen molar-refractivity contribution in [1.29, 1.82) is 0 Å². The van der Waals surface area contributed by atoms with E-state index < -0.39 is 6.10 Å². The number of aromatic nitrogens is 1. The zero-order chi connectivity index (χ0) is 12.1. The van der Waals surface area contributed by atoms with Crippen molar-refractivity contribution in [1.82, 2.24) is 10.3 Å². The lowest BCUT2D eigenvalue weighted by molar-refractivity contribution is 0.132. The highest BCUT2D eigenvalue weighted by Gasteiger charge is 2.16. The Labute approximate surface area is 108 Å². The minimum absolute atomic E-state index is 0.0395. The average molecular weight is 310 g/mol. The Morgan fingerprint density at radius 2 is 2.25 bits per heavy atom. The standard InChI is InChI=1S/C10H14BrClN2O2/c1-6(13-2-3-15)10(16)7-4-8(11)14-9(12)5-7/h4-6,10,13,15-16H,2-3H2,1H3/t6-,10-/m0/s1. The molecule has 0 unspecified atom stereocenters. The molecule has 0 aliphatic rings. The second-order valence-corrected chi connectivity index (χ2v) is 4.66. The maximum Gasteiger partial charge on any atom is 0.130 e. The normalized spacial score (nSPS) is 14.8. The Morgan fingerprint density at radius 1 is 1.56 bits per heavy atom. The number of nitrogens with zero attached hydrogens (tertiary/aromatic N) is 1. The van der Waals surface area contributed by atoms with Crippen molar-refractivity contribution < 1.29 is 10.2 Å². The van der Waals surface area contributed by atoms with E-state index in [4.69, 9.17) is 16.7 Å². The van der Waals surface area contributed by atoms with E-state index in [0.717, 1.165) is 0 Å². The number of pyridine rings is 1. The van der Waals surface area contributed by atoms with Crippen molar-refractivity contribution >= 4 is 27.5 Å². The van der Waals surface area contributed by atoms with Crippen LogP contribution in [0.15, 0.2) is 16.7 Å². The zero-order valence-corrected chi connectivity index (χ0v) is 11.2. The van der Waals surface area contributed by atoms with Gasteiger partial charge in [0.1, 0.15) is 9.76 Å². The maximum absolute atomic E-state index is 10.0. The molecular weight excluding hydrogens is 295 g/mol. The van der Waals surface area contributed by atoms with Crippen LogP contribution in [-0.2, 0) is 0 Å². The second-order valence-electron chi connectivity index (χ2n) is 3.46. The average Bonchev–Trinajstić information content (AvgIpc) is 2.23. The smallest absolute Gasteiger partial charge is 0.130 e. The van der Waals surface area contributed by atoms with Crippen LogP contribution in [0.5, 0.6) is 0 Å². The molecule has 0 saturated heterocycles. The molecule has 0 spiro atoms. The van der Waals surface area contributed by atoms with E-state index >= 15 is 0 Å². The fourth-order valence-electron chi connectivity index (χ4n) is 1.35. The summed E-state index contributed by atoms with van der Waals surface area (Å²) in [5.41, 5.74) is 0.685. The number of rotatable bonds is 5. The fraction of sp³-hybridized carbons (Fsp3) is 0.500. The summed E-state index contributed by atoms with van der Waals surface area (Å²) < 4.78 is 0.586. The highest BCUT2D eigenvalue weighted by Crippen LogP contribution is 2.22. The van der Waals surface area contributed by atoms with Crippen molar-refractivity contribution in [2.45, 2.75) is 19.1 Å². The lowest BCUT2D eigenvalue weighted by Gasteiger charge is -2.20. The second kappa shape index (κ2) is 6.51. The molecule has 1 aromatic heterocycles. The molecule has 0 bridgehead atoms. The van der Waals surface area contributed by atoms with Crippen LogP contribution >= 0.6 is 27.5 Å². The predicted molar refractivity (Wildman–Crippen MR) is 66.5 cm³/mol. The molecule has 0 aromatic carbocycles. The van der Waals surface area contributed by atoms with Crippen LogP contribution in [0, 0.1) is 0 Å². The minimum atomic E-state index is -0.691. The molecule has 1 aromatic rings. The zero-order valence-electron chi connectivity index (χ0n) is 8.82. The van der Waals surface area contributed by atoms with Gasteiger partial charge in [-0.15, -0.1) is 0 Å². The monoisotopic (exact) mass is 308 g/mol. The Morgan fingerprint density at radius 3 is 2.81 bits per heavy atom. The van der Waals surface area contributed by atoms with E-state index in [2.05, 4.69) is 26.2 Å². The van der Waals surface area contributed by atoms with Gasteiger partial charge in [-0.1, -0.05) is 11.6 Å². The molecule has 1 rings (SSSR count). The van der Waals surface area contributed by atoms with Crippen LogP contribution < -0.4 is 5.32 Å². The highest BCUT2D eigenvalue weighted by molar-refractivity contribution is 9.10. The first kappa shape index (κ1) is 13.9. The van der Waals surface area contributed by atoms with Gasteiger partial charge in [0.05, 0.1) is 12.7 Å². The number of aliphatic hydroxyl groups excluding tert-OH is 2. The van der Waals surface area contributed by atoms with Gasteiger partial charge in [0.25, 0.3) is 0 Å². The summed E-state index contributed by atoms with van der Waals surface area (Å²) in [6, 6.07) is 3.17. The lowest BCUT2D eigenvalue weighted by Crippen LogP contribution is -2.34. The molecule has 0 aliphatic carbocycles. The minimum Gasteiger partial charge on any atom is -0.395 e. The summed E-state index contributed by atoms with van der Waals surface area (Å²) in [4.78, 5) is 3.95. The molecule has 2 atom stereocenters. The lowest BCUT2D eigenvalue weighted by atomic mass is 10.1. The summed E-state index contributed by atoms with van der Waals surface area (Å²) in [5, 5.41) is 22.0. The third-order valence-corrected chi connectivity index (χ3v) is 2.78. The van der Waals surface area contributed by atoms with E-state index in [-0.39, 0.29) is 12.6 Å². The van der Waals surface area contributed by atoms with Gasteiger partial charge < -0.3 is 15.5 Å². The fourth-order valence-corrected chi connectivity index (χ4v) is 2.12. The van der Waals surface area contributed by atoms with Crippen LogP contribution in [0.25, 0.3) is 0 Å². The molecule has 16 heavy (non-hydrogen) atoms. The summed E-state index contributed by atoms with van der Waals surface area (Å²) in [5.74, 6) is 0. The van der Waals surface area contributed by atoms with E-state index in [0.29, 0.717) is 21.9 Å². The van der Waals surface area contributed by atoms with Crippen LogP contribution in [0.3, 0.4) is 0 Å². The van der Waals surface area contributed by atoms with E-state index in [1.54, 1.807) is 12.1 Å². The number of halogens is 2. The number of aliphatic hydroxyl groups is 2. The number of hydrogen-bond acceptors (Lipinski definition) is 4. The Balaban J connectivity index is 2.74. The summed E-state index contributed by atoms with van der Waals surface area (Å²) >= 11 is 9.01. The van der Waals surface area contributed by atoms with Crippen molar-refractivity contribution in [3.05, 3.63) is 27.5 Å². The molecule has 0 saturated carbocycles. The van der Waals surface area contributed by atoms with Crippen molar-refractivity contribution in [2.24, 2.45) is 0 Å². The van der Waals surface area contributed by atoms with E-state index in [1.807, 2.05) is 6.92 Å². The van der Waals surface area contributed by atoms with Gasteiger partial charge in [-0.2, -0.15) is 0 Å². The van der Waals surface area contributed by atoms with Gasteiger partial charge in [-0.3, -0.25) is 0 Å². The van der Waals surface area contributed by atoms with Gasteiger partial charge in [0.15, 0.2) is 0 Å². The third kappa shape index (κ3) is 3.99. The van der Waals surface area contributed by atoms with Crippen molar-refractivity contribution in [2.75, 3.05) is 13.2 Å². The summed E-state index contributed by atoms with van der Waals surface area (Å²) in [7, 11) is 0. The molecule has 4 nitrogen and oxygen atoms in total. The highest BCUT2D eigenvalue weighted by atomic mass is 79.9. The molecular formula is C10H14BrClN2O2. The van der Waals surface area contributed by atoms with Gasteiger partial charge in [0.2, 0.25) is 0 Å². The number of hydrogen-bond donors (Lipinski definition) is 3. The van der Waals surface area contributed by atoms with E-state index in [1.165, 1.54) is 0 Å². The van der Waals surface area contributed by atoms with Crippen LogP contribution in [-0.4, -0.2) is 34.4 Å². The number of nitrogens with one attached hydrogen (secondary N) is 1. The Kier molecular flexibility index (Phi) is 5.64. The largest absolute Gasteiger partial charge is 0.395 e. The molecule has 3 N–H and O–H groups in total. The van der Waals surface area contributed by atoms with Gasteiger partial charge >= 0.3 is 0 Å². The summed E-state index contributed by atoms with van der Waals surface area (Å²) in [6.07, 6.45) is -0.691. The topological polar surface area (TPSA) is 65.4 Å². The molecule has 0 amide bonds. The van der Waals surface area contributed by atoms with Gasteiger partial charge in [-0.05, 0) is 40.5 Å². The first-order chi connectivity index (χ1) is 7.54. The molecule has 0 fully saturated rings. The molecule has 0 aliphatic heterocycles. The quantitative estimate of drug-likeness (QED) is 0.721. The molecule has 1 heterocycles. The van der Waals surface area contributed by atoms with Crippen molar-refractivity contribution in [3.63, 3.8) is 0 Å². The van der Waals surface area contributed by atoms with Crippen LogP contribution in [0.1, 0.15) is 18.6 Å². The van der Waals surface area contributed by atoms with Gasteiger partial charge in [-0.25, -0.2) is 4.98 Å². The molecule has 6 heteroatoms. The van der Waals surface area contributed by atoms with Crippen molar-refractivity contribution in [3.8, 4) is 0 Å². The van der Waals surface area contributed by atoms with Crippen LogP contribution in [0.2, 0.25) is 5.15 Å². The Bertz CT molecular complexity index is 331. The van der Waals surface area contributed by atoms with E-state index in [9.17, 15) is 5.11 Å². The third-order valence-electron chi connectivity index (χ3n) is 2.18. The first-order valence-electron chi connectivity index (χ1n) is 4.90. The predicted octanol–water partition coefficient (Wildman–Crippen LogP) is 1.50. The summed E-state index contributed by atoms with van der Waals surface area (Å²) in [6.45, 7) is 2.32. The van der Waals surface area contributed by atoms with Crippen LogP contribution in [0.4, 0.5) is 0 Å².